The Morgan fingerprint density at radius 1 is 1.20 bits per heavy atom. The lowest BCUT2D eigenvalue weighted by molar-refractivity contribution is -0.171. The number of nitrogens with zero attached hydrogens (tertiary/aromatic N) is 1. The highest BCUT2D eigenvalue weighted by Crippen LogP contribution is 2.49. The third-order valence-electron chi connectivity index (χ3n) is 6.37. The molecular weight excluding hydrogens is 361 g/mol. The first-order valence-electron chi connectivity index (χ1n) is 9.30. The lowest BCUT2D eigenvalue weighted by Gasteiger charge is -2.57. The van der Waals surface area contributed by atoms with Gasteiger partial charge in [-0.25, -0.2) is 0 Å². The minimum Gasteiger partial charge on any atom is -0.378 e. The zero-order valence-electron chi connectivity index (χ0n) is 15.8. The van der Waals surface area contributed by atoms with E-state index < -0.39 is 5.54 Å². The van der Waals surface area contributed by atoms with Crippen LogP contribution >= 0.6 is 24.8 Å². The van der Waals surface area contributed by atoms with Crippen molar-refractivity contribution in [3.8, 4) is 0 Å². The molecular formula is C18H35Cl2N3O2. The van der Waals surface area contributed by atoms with Crippen LogP contribution in [0, 0.1) is 11.3 Å². The number of rotatable bonds is 6. The van der Waals surface area contributed by atoms with Gasteiger partial charge in [0.15, 0.2) is 0 Å². The molecule has 0 aromatic carbocycles. The van der Waals surface area contributed by atoms with E-state index in [0.29, 0.717) is 13.0 Å². The molecule has 0 bridgehead atoms. The van der Waals surface area contributed by atoms with Crippen molar-refractivity contribution in [3.05, 3.63) is 0 Å². The molecule has 1 saturated heterocycles. The Kier molecular flexibility index (Phi) is 8.04. The number of halogens is 2. The summed E-state index contributed by atoms with van der Waals surface area (Å²) in [5.74, 6) is 0.957. The number of ether oxygens (including phenoxy) is 1. The lowest BCUT2D eigenvalue weighted by atomic mass is 9.54. The number of nitrogens with one attached hydrogen (secondary N) is 1. The summed E-state index contributed by atoms with van der Waals surface area (Å²) < 4.78 is 5.72. The van der Waals surface area contributed by atoms with Crippen LogP contribution in [-0.2, 0) is 9.53 Å². The van der Waals surface area contributed by atoms with Gasteiger partial charge in [-0.15, -0.1) is 24.8 Å². The number of carbonyl (C=O) groups excluding carboxylic acids is 1. The number of hydrogen-bond acceptors (Lipinski definition) is 4. The minimum absolute atomic E-state index is 0. The van der Waals surface area contributed by atoms with Gasteiger partial charge in [0.25, 0.3) is 0 Å². The summed E-state index contributed by atoms with van der Waals surface area (Å²) in [6.07, 6.45) is 5.61. The van der Waals surface area contributed by atoms with Crippen molar-refractivity contribution in [1.82, 2.24) is 10.2 Å². The Morgan fingerprint density at radius 2 is 1.80 bits per heavy atom. The number of amides is 1. The molecule has 0 aromatic heterocycles. The standard InChI is InChI=1S/C18H33N3O2.2ClH/c1-4-23-15-11-18(19,17(15,2)3)16(22)20-14-7-9-21(10-8-14)12-13-5-6-13;;/h13-15H,4-12,19H2,1-3H3,(H,20,22);2*1H. The Morgan fingerprint density at radius 3 is 2.28 bits per heavy atom. The number of hydrogen-bond donors (Lipinski definition) is 2. The SMILES string of the molecule is CCOC1CC(N)(C(=O)NC2CCN(CC3CC3)CC2)C1(C)C.Cl.Cl. The van der Waals surface area contributed by atoms with Crippen LogP contribution in [0.15, 0.2) is 0 Å². The van der Waals surface area contributed by atoms with Gasteiger partial charge in [-0.3, -0.25) is 4.79 Å². The lowest BCUT2D eigenvalue weighted by Crippen LogP contribution is -2.76. The molecule has 1 amide bonds. The maximum Gasteiger partial charge on any atom is 0.241 e. The van der Waals surface area contributed by atoms with Crippen molar-refractivity contribution in [2.24, 2.45) is 17.1 Å². The molecule has 1 heterocycles. The number of piperidine rings is 1. The summed E-state index contributed by atoms with van der Waals surface area (Å²) in [5, 5.41) is 3.22. The van der Waals surface area contributed by atoms with E-state index in [1.165, 1.54) is 19.4 Å². The Balaban J connectivity index is 0.00000156. The van der Waals surface area contributed by atoms with E-state index >= 15 is 0 Å². The molecule has 3 aliphatic rings. The van der Waals surface area contributed by atoms with Crippen molar-refractivity contribution in [1.29, 1.82) is 0 Å². The van der Waals surface area contributed by atoms with Gasteiger partial charge in [0.05, 0.1) is 6.10 Å². The molecule has 7 heteroatoms. The summed E-state index contributed by atoms with van der Waals surface area (Å²) in [6, 6.07) is 0.278. The normalized spacial score (nSPS) is 32.1. The average molecular weight is 396 g/mol. The fraction of sp³-hybridized carbons (Fsp3) is 0.944. The first-order chi connectivity index (χ1) is 10.9. The highest BCUT2D eigenvalue weighted by Gasteiger charge is 2.63. The summed E-state index contributed by atoms with van der Waals surface area (Å²) in [4.78, 5) is 15.3. The van der Waals surface area contributed by atoms with Crippen LogP contribution < -0.4 is 11.1 Å². The maximum absolute atomic E-state index is 12.7. The maximum atomic E-state index is 12.7. The second kappa shape index (κ2) is 8.75. The Bertz CT molecular complexity index is 452. The van der Waals surface area contributed by atoms with Gasteiger partial charge in [0, 0.05) is 44.1 Å². The fourth-order valence-electron chi connectivity index (χ4n) is 4.06. The quantitative estimate of drug-likeness (QED) is 0.723. The number of likely N-dealkylation sites (tertiary alicyclic amines) is 1. The van der Waals surface area contributed by atoms with Gasteiger partial charge >= 0.3 is 0 Å². The molecule has 1 aliphatic heterocycles. The van der Waals surface area contributed by atoms with Crippen LogP contribution in [0.25, 0.3) is 0 Å². The first-order valence-corrected chi connectivity index (χ1v) is 9.30. The van der Waals surface area contributed by atoms with Gasteiger partial charge < -0.3 is 20.7 Å². The van der Waals surface area contributed by atoms with E-state index in [1.54, 1.807) is 0 Å². The fourth-order valence-corrected chi connectivity index (χ4v) is 4.06. The smallest absolute Gasteiger partial charge is 0.241 e. The molecule has 3 fully saturated rings. The van der Waals surface area contributed by atoms with Gasteiger partial charge in [-0.2, -0.15) is 0 Å². The molecule has 0 aromatic rings. The zero-order chi connectivity index (χ0) is 16.7. The van der Waals surface area contributed by atoms with E-state index in [1.807, 2.05) is 6.92 Å². The highest BCUT2D eigenvalue weighted by molar-refractivity contribution is 5.89. The monoisotopic (exact) mass is 395 g/mol. The third-order valence-corrected chi connectivity index (χ3v) is 6.37. The highest BCUT2D eigenvalue weighted by atomic mass is 35.5. The summed E-state index contributed by atoms with van der Waals surface area (Å²) in [6.45, 7) is 10.2. The van der Waals surface area contributed by atoms with E-state index in [4.69, 9.17) is 10.5 Å². The molecule has 148 valence electrons. The van der Waals surface area contributed by atoms with Gasteiger partial charge in [-0.1, -0.05) is 13.8 Å². The molecule has 25 heavy (non-hydrogen) atoms. The van der Waals surface area contributed by atoms with Crippen LogP contribution in [0.2, 0.25) is 0 Å². The second-order valence-corrected chi connectivity index (χ2v) is 8.33. The van der Waals surface area contributed by atoms with Gasteiger partial charge in [0.1, 0.15) is 5.54 Å². The molecule has 2 atom stereocenters. The molecule has 0 radical (unpaired) electrons. The van der Waals surface area contributed by atoms with E-state index in [0.717, 1.165) is 31.8 Å². The predicted molar refractivity (Wildman–Crippen MR) is 106 cm³/mol. The van der Waals surface area contributed by atoms with Crippen LogP contribution in [0.3, 0.4) is 0 Å². The first kappa shape index (κ1) is 23.0. The zero-order valence-corrected chi connectivity index (χ0v) is 17.4. The summed E-state index contributed by atoms with van der Waals surface area (Å²) in [7, 11) is 0. The van der Waals surface area contributed by atoms with Crippen LogP contribution in [0.5, 0.6) is 0 Å². The third kappa shape index (κ3) is 4.62. The predicted octanol–water partition coefficient (Wildman–Crippen LogP) is 2.35. The number of carbonyl (C=O) groups is 1. The molecule has 2 saturated carbocycles. The second-order valence-electron chi connectivity index (χ2n) is 8.33. The molecule has 3 rings (SSSR count). The van der Waals surface area contributed by atoms with E-state index in [-0.39, 0.29) is 48.3 Å². The Labute approximate surface area is 164 Å². The van der Waals surface area contributed by atoms with E-state index in [2.05, 4.69) is 24.1 Å². The van der Waals surface area contributed by atoms with E-state index in [9.17, 15) is 4.79 Å². The largest absolute Gasteiger partial charge is 0.378 e. The molecule has 2 unspecified atom stereocenters. The molecule has 0 spiro atoms. The molecule has 2 aliphatic carbocycles. The van der Waals surface area contributed by atoms with Gasteiger partial charge in [0.2, 0.25) is 5.91 Å². The van der Waals surface area contributed by atoms with Crippen molar-refractivity contribution in [2.45, 2.75) is 70.6 Å². The summed E-state index contributed by atoms with van der Waals surface area (Å²) >= 11 is 0. The van der Waals surface area contributed by atoms with Crippen molar-refractivity contribution < 1.29 is 9.53 Å². The van der Waals surface area contributed by atoms with Crippen LogP contribution in [0.1, 0.15) is 52.9 Å². The van der Waals surface area contributed by atoms with Crippen LogP contribution in [0.4, 0.5) is 0 Å². The van der Waals surface area contributed by atoms with Crippen molar-refractivity contribution in [2.75, 3.05) is 26.2 Å². The Hall–Kier alpha value is -0.0700. The number of nitrogens with two attached hydrogens (primary N) is 1. The molecule has 3 N–H and O–H groups in total. The molecule has 5 nitrogen and oxygen atoms in total. The van der Waals surface area contributed by atoms with Gasteiger partial charge in [-0.05, 0) is 38.5 Å². The van der Waals surface area contributed by atoms with Crippen LogP contribution in [-0.4, -0.2) is 54.7 Å². The van der Waals surface area contributed by atoms with Crippen molar-refractivity contribution in [3.63, 3.8) is 0 Å². The minimum atomic E-state index is -0.794. The van der Waals surface area contributed by atoms with Crippen molar-refractivity contribution >= 4 is 30.7 Å². The average Bonchev–Trinajstić information content (AvgIpc) is 3.32. The summed E-state index contributed by atoms with van der Waals surface area (Å²) in [5.41, 5.74) is 5.36. The topological polar surface area (TPSA) is 67.6 Å².